The first-order valence-corrected chi connectivity index (χ1v) is 6.78. The zero-order valence-corrected chi connectivity index (χ0v) is 12.3. The quantitative estimate of drug-likeness (QED) is 0.900. The Kier molecular flexibility index (Phi) is 4.62. The number of hydrazone groups is 1. The number of halogens is 2. The molecule has 20 heavy (non-hydrogen) atoms. The van der Waals surface area contributed by atoms with E-state index in [1.807, 2.05) is 0 Å². The van der Waals surface area contributed by atoms with Gasteiger partial charge in [-0.15, -0.1) is 0 Å². The molecule has 0 radical (unpaired) electrons. The normalized spacial score (nSPS) is 18.2. The molecular formula is C13H13Cl2N3O2. The van der Waals surface area contributed by atoms with Crippen molar-refractivity contribution < 1.29 is 9.59 Å². The average Bonchev–Trinajstić information content (AvgIpc) is 2.32. The van der Waals surface area contributed by atoms with E-state index in [4.69, 9.17) is 23.2 Å². The summed E-state index contributed by atoms with van der Waals surface area (Å²) in [6.45, 7) is 1.81. The summed E-state index contributed by atoms with van der Waals surface area (Å²) in [6, 6.07) is 4.77. The van der Waals surface area contributed by atoms with E-state index in [9.17, 15) is 9.59 Å². The second kappa shape index (κ2) is 6.24. The summed E-state index contributed by atoms with van der Waals surface area (Å²) >= 11 is 11.7. The number of anilines is 1. The number of hydrogen-bond acceptors (Lipinski definition) is 3. The van der Waals surface area contributed by atoms with E-state index in [-0.39, 0.29) is 18.2 Å². The minimum absolute atomic E-state index is 0.0861. The van der Waals surface area contributed by atoms with Gasteiger partial charge in [0.1, 0.15) is 0 Å². The molecule has 1 atom stereocenters. The molecule has 0 aromatic heterocycles. The van der Waals surface area contributed by atoms with Crippen molar-refractivity contribution in [3.63, 3.8) is 0 Å². The van der Waals surface area contributed by atoms with E-state index in [1.165, 1.54) is 0 Å². The van der Waals surface area contributed by atoms with E-state index in [0.29, 0.717) is 22.2 Å². The fourth-order valence-corrected chi connectivity index (χ4v) is 2.49. The van der Waals surface area contributed by atoms with Gasteiger partial charge in [-0.1, -0.05) is 23.2 Å². The Morgan fingerprint density at radius 2 is 2.05 bits per heavy atom. The monoisotopic (exact) mass is 313 g/mol. The minimum atomic E-state index is -0.401. The van der Waals surface area contributed by atoms with Crippen LogP contribution in [-0.2, 0) is 9.59 Å². The highest BCUT2D eigenvalue weighted by atomic mass is 35.5. The zero-order valence-electron chi connectivity index (χ0n) is 10.7. The molecule has 0 aliphatic carbocycles. The van der Waals surface area contributed by atoms with Gasteiger partial charge in [0.25, 0.3) is 0 Å². The molecule has 1 heterocycles. The maximum Gasteiger partial charge on any atom is 0.244 e. The van der Waals surface area contributed by atoms with Crippen molar-refractivity contribution in [3.05, 3.63) is 28.2 Å². The summed E-state index contributed by atoms with van der Waals surface area (Å²) in [5, 5.41) is 7.38. The van der Waals surface area contributed by atoms with Crippen LogP contribution in [0.15, 0.2) is 23.3 Å². The highest BCUT2D eigenvalue weighted by Crippen LogP contribution is 2.23. The number of carbonyl (C=O) groups excluding carboxylic acids is 2. The number of carbonyl (C=O) groups is 2. The summed E-state index contributed by atoms with van der Waals surface area (Å²) in [5.41, 5.74) is 3.70. The second-order valence-corrected chi connectivity index (χ2v) is 5.51. The van der Waals surface area contributed by atoms with Crippen molar-refractivity contribution in [2.45, 2.75) is 19.8 Å². The molecule has 1 aromatic rings. The van der Waals surface area contributed by atoms with Gasteiger partial charge in [-0.25, -0.2) is 5.43 Å². The van der Waals surface area contributed by atoms with E-state index in [1.54, 1.807) is 25.1 Å². The molecule has 0 saturated carbocycles. The van der Waals surface area contributed by atoms with E-state index in [0.717, 1.165) is 5.71 Å². The third-order valence-corrected chi connectivity index (χ3v) is 3.28. The van der Waals surface area contributed by atoms with Gasteiger partial charge in [0, 0.05) is 27.9 Å². The Labute approximate surface area is 126 Å². The van der Waals surface area contributed by atoms with Crippen LogP contribution in [0, 0.1) is 5.92 Å². The van der Waals surface area contributed by atoms with Crippen LogP contribution < -0.4 is 10.7 Å². The van der Waals surface area contributed by atoms with Crippen LogP contribution in [-0.4, -0.2) is 17.5 Å². The average molecular weight is 314 g/mol. The number of amides is 2. The Morgan fingerprint density at radius 3 is 2.70 bits per heavy atom. The van der Waals surface area contributed by atoms with Crippen LogP contribution in [0.4, 0.5) is 5.69 Å². The Balaban J connectivity index is 1.99. The van der Waals surface area contributed by atoms with Crippen LogP contribution in [0.3, 0.4) is 0 Å². The molecule has 1 aliphatic rings. The molecule has 0 saturated heterocycles. The highest BCUT2D eigenvalue weighted by Gasteiger charge is 2.25. The van der Waals surface area contributed by atoms with Crippen LogP contribution in [0.25, 0.3) is 0 Å². The van der Waals surface area contributed by atoms with E-state index in [2.05, 4.69) is 15.8 Å². The summed E-state index contributed by atoms with van der Waals surface area (Å²) in [5.74, 6) is -0.907. The molecule has 0 bridgehead atoms. The molecule has 5 nitrogen and oxygen atoms in total. The number of hydrogen-bond donors (Lipinski definition) is 2. The molecule has 7 heteroatoms. The molecular weight excluding hydrogens is 301 g/mol. The van der Waals surface area contributed by atoms with Gasteiger partial charge >= 0.3 is 0 Å². The van der Waals surface area contributed by atoms with Gasteiger partial charge in [-0.3, -0.25) is 9.59 Å². The lowest BCUT2D eigenvalue weighted by molar-refractivity contribution is -0.128. The maximum atomic E-state index is 11.9. The molecule has 2 amide bonds. The maximum absolute atomic E-state index is 11.9. The molecule has 106 valence electrons. The van der Waals surface area contributed by atoms with Gasteiger partial charge in [-0.2, -0.15) is 5.10 Å². The van der Waals surface area contributed by atoms with Crippen LogP contribution in [0.1, 0.15) is 19.8 Å². The lowest BCUT2D eigenvalue weighted by Gasteiger charge is -2.19. The smallest absolute Gasteiger partial charge is 0.244 e. The SMILES string of the molecule is CC1=NNC(=O)[C@@H](CC(=O)Nc2cc(Cl)cc(Cl)c2)C1. The fourth-order valence-electron chi connectivity index (χ4n) is 1.96. The molecule has 2 rings (SSSR count). The first-order chi connectivity index (χ1) is 9.44. The Morgan fingerprint density at radius 1 is 1.40 bits per heavy atom. The molecule has 0 fully saturated rings. The topological polar surface area (TPSA) is 70.6 Å². The number of nitrogens with zero attached hydrogens (tertiary/aromatic N) is 1. The second-order valence-electron chi connectivity index (χ2n) is 4.63. The number of nitrogens with one attached hydrogen (secondary N) is 2. The first kappa shape index (κ1) is 14.8. The lowest BCUT2D eigenvalue weighted by Crippen LogP contribution is -2.35. The first-order valence-electron chi connectivity index (χ1n) is 6.03. The van der Waals surface area contributed by atoms with Crippen molar-refractivity contribution in [1.82, 2.24) is 5.43 Å². The molecule has 0 spiro atoms. The zero-order chi connectivity index (χ0) is 14.7. The predicted octanol–water partition coefficient (Wildman–Crippen LogP) is 2.83. The third-order valence-electron chi connectivity index (χ3n) is 2.85. The van der Waals surface area contributed by atoms with Gasteiger partial charge in [-0.05, 0) is 31.5 Å². The minimum Gasteiger partial charge on any atom is -0.326 e. The summed E-state index contributed by atoms with van der Waals surface area (Å²) in [6.07, 6.45) is 0.568. The van der Waals surface area contributed by atoms with E-state index < -0.39 is 5.92 Å². The molecule has 0 unspecified atom stereocenters. The highest BCUT2D eigenvalue weighted by molar-refractivity contribution is 6.35. The van der Waals surface area contributed by atoms with Crippen molar-refractivity contribution >= 4 is 46.4 Å². The van der Waals surface area contributed by atoms with Gasteiger partial charge < -0.3 is 5.32 Å². The summed E-state index contributed by atoms with van der Waals surface area (Å²) < 4.78 is 0. The Hall–Kier alpha value is -1.59. The van der Waals surface area contributed by atoms with Gasteiger partial charge in [0.2, 0.25) is 11.8 Å². The van der Waals surface area contributed by atoms with Crippen LogP contribution in [0.5, 0.6) is 0 Å². The predicted molar refractivity (Wildman–Crippen MR) is 79.1 cm³/mol. The molecule has 1 aliphatic heterocycles. The molecule has 2 N–H and O–H groups in total. The standard InChI is InChI=1S/C13H13Cl2N3O2/c1-7-2-8(13(20)18-17-7)3-12(19)16-11-5-9(14)4-10(15)6-11/h4-6,8H,2-3H2,1H3,(H,16,19)(H,18,20)/t8-/m1/s1. The van der Waals surface area contributed by atoms with Crippen molar-refractivity contribution in [2.24, 2.45) is 11.0 Å². The fraction of sp³-hybridized carbons (Fsp3) is 0.308. The van der Waals surface area contributed by atoms with Crippen LogP contribution in [0.2, 0.25) is 10.0 Å². The van der Waals surface area contributed by atoms with Gasteiger partial charge in [0.15, 0.2) is 0 Å². The summed E-state index contributed by atoms with van der Waals surface area (Å²) in [4.78, 5) is 23.5. The van der Waals surface area contributed by atoms with Crippen molar-refractivity contribution in [1.29, 1.82) is 0 Å². The number of benzene rings is 1. The van der Waals surface area contributed by atoms with Crippen molar-refractivity contribution in [2.75, 3.05) is 5.32 Å². The third kappa shape index (κ3) is 3.95. The Bertz CT molecular complexity index is 567. The van der Waals surface area contributed by atoms with E-state index >= 15 is 0 Å². The van der Waals surface area contributed by atoms with Crippen LogP contribution >= 0.6 is 23.2 Å². The van der Waals surface area contributed by atoms with Crippen molar-refractivity contribution in [3.8, 4) is 0 Å². The number of rotatable bonds is 3. The van der Waals surface area contributed by atoms with Gasteiger partial charge in [0.05, 0.1) is 5.92 Å². The lowest BCUT2D eigenvalue weighted by atomic mass is 9.96. The summed E-state index contributed by atoms with van der Waals surface area (Å²) in [7, 11) is 0. The molecule has 1 aromatic carbocycles. The largest absolute Gasteiger partial charge is 0.326 e.